The van der Waals surface area contributed by atoms with Gasteiger partial charge in [-0.25, -0.2) is 13.4 Å². The van der Waals surface area contributed by atoms with Gasteiger partial charge in [0.05, 0.1) is 21.2 Å². The highest BCUT2D eigenvalue weighted by Crippen LogP contribution is 2.34. The summed E-state index contributed by atoms with van der Waals surface area (Å²) in [7, 11) is -3.17. The summed E-state index contributed by atoms with van der Waals surface area (Å²) < 4.78 is 68.6. The van der Waals surface area contributed by atoms with E-state index in [-0.39, 0.29) is 27.7 Å². The van der Waals surface area contributed by atoms with Crippen LogP contribution in [-0.4, -0.2) is 36.2 Å². The van der Waals surface area contributed by atoms with Gasteiger partial charge in [-0.3, -0.25) is 9.71 Å². The molecular formula is C22H17ClF3N5O3S. The van der Waals surface area contributed by atoms with Gasteiger partial charge in [0, 0.05) is 29.5 Å². The molecule has 0 spiro atoms. The van der Waals surface area contributed by atoms with Crippen LogP contribution in [0.4, 0.5) is 18.9 Å². The lowest BCUT2D eigenvalue weighted by atomic mass is 10.0. The standard InChI is InChI=1S/C22H17ClF3N5O3S/c1-12-3-4-14(10-17(12)22(24,25)26)35(32,33)31-18-9-13(23)11-29-20(18)19(30-34-2)15-5-7-27-21-16(15)6-8-28-21/h3-11,31H,1-2H3,(H,27,28)/b30-19+. The van der Waals surface area contributed by atoms with E-state index in [4.69, 9.17) is 16.4 Å². The molecule has 0 aliphatic rings. The van der Waals surface area contributed by atoms with Gasteiger partial charge in [0.1, 0.15) is 24.2 Å². The first-order valence-electron chi connectivity index (χ1n) is 9.91. The number of hydrogen-bond donors (Lipinski definition) is 2. The van der Waals surface area contributed by atoms with E-state index in [2.05, 4.69) is 24.8 Å². The molecule has 35 heavy (non-hydrogen) atoms. The highest BCUT2D eigenvalue weighted by atomic mass is 35.5. The number of sulfonamides is 1. The predicted octanol–water partition coefficient (Wildman–Crippen LogP) is 5.14. The van der Waals surface area contributed by atoms with Crippen molar-refractivity contribution in [3.63, 3.8) is 0 Å². The SMILES string of the molecule is CO/N=C(/c1ncc(Cl)cc1NS(=O)(=O)c1ccc(C)c(C(F)(F)F)c1)c1ccnc2[nH]ccc12. The number of oxime groups is 1. The first kappa shape index (κ1) is 24.5. The molecule has 3 aromatic heterocycles. The summed E-state index contributed by atoms with van der Waals surface area (Å²) in [4.78, 5) is 15.8. The van der Waals surface area contributed by atoms with Crippen molar-refractivity contribution < 1.29 is 26.4 Å². The fourth-order valence-electron chi connectivity index (χ4n) is 3.46. The second-order valence-corrected chi connectivity index (χ2v) is 9.47. The van der Waals surface area contributed by atoms with Crippen molar-refractivity contribution in [2.24, 2.45) is 5.16 Å². The van der Waals surface area contributed by atoms with E-state index in [0.717, 1.165) is 12.1 Å². The number of pyridine rings is 2. The number of aryl methyl sites for hydroxylation is 1. The number of nitrogens with zero attached hydrogens (tertiary/aromatic N) is 3. The molecule has 0 unspecified atom stereocenters. The molecular weight excluding hydrogens is 507 g/mol. The van der Waals surface area contributed by atoms with Crippen molar-refractivity contribution in [2.45, 2.75) is 18.0 Å². The Labute approximate surface area is 202 Å². The van der Waals surface area contributed by atoms with E-state index in [0.29, 0.717) is 22.7 Å². The molecule has 4 aromatic rings. The maximum absolute atomic E-state index is 13.4. The van der Waals surface area contributed by atoms with Gasteiger partial charge in [-0.15, -0.1) is 0 Å². The van der Waals surface area contributed by atoms with Crippen LogP contribution in [0.2, 0.25) is 5.02 Å². The lowest BCUT2D eigenvalue weighted by Gasteiger charge is -2.16. The summed E-state index contributed by atoms with van der Waals surface area (Å²) in [5.74, 6) is 0. The van der Waals surface area contributed by atoms with E-state index >= 15 is 0 Å². The number of hydrogen-bond acceptors (Lipinski definition) is 6. The molecule has 3 heterocycles. The Morgan fingerprint density at radius 2 is 1.94 bits per heavy atom. The smallest absolute Gasteiger partial charge is 0.399 e. The third-order valence-electron chi connectivity index (χ3n) is 5.05. The fraction of sp³-hybridized carbons (Fsp3) is 0.136. The number of fused-ring (bicyclic) bond motifs is 1. The van der Waals surface area contributed by atoms with Crippen LogP contribution in [0.15, 0.2) is 65.0 Å². The average molecular weight is 524 g/mol. The van der Waals surface area contributed by atoms with Crippen molar-refractivity contribution in [3.05, 3.63) is 82.4 Å². The predicted molar refractivity (Wildman–Crippen MR) is 125 cm³/mol. The highest BCUT2D eigenvalue weighted by molar-refractivity contribution is 7.92. The van der Waals surface area contributed by atoms with Gasteiger partial charge in [-0.05, 0) is 42.8 Å². The molecule has 0 aliphatic carbocycles. The monoisotopic (exact) mass is 523 g/mol. The lowest BCUT2D eigenvalue weighted by molar-refractivity contribution is -0.138. The van der Waals surface area contributed by atoms with Gasteiger partial charge >= 0.3 is 6.18 Å². The summed E-state index contributed by atoms with van der Waals surface area (Å²) >= 11 is 6.07. The van der Waals surface area contributed by atoms with Crippen LogP contribution < -0.4 is 4.72 Å². The summed E-state index contributed by atoms with van der Waals surface area (Å²) in [5, 5.41) is 4.77. The van der Waals surface area contributed by atoms with Crippen LogP contribution in [0, 0.1) is 6.92 Å². The molecule has 0 aliphatic heterocycles. The zero-order chi connectivity index (χ0) is 25.4. The zero-order valence-corrected chi connectivity index (χ0v) is 19.8. The van der Waals surface area contributed by atoms with Crippen molar-refractivity contribution in [1.82, 2.24) is 15.0 Å². The minimum Gasteiger partial charge on any atom is -0.399 e. The molecule has 0 saturated heterocycles. The molecule has 0 bridgehead atoms. The average Bonchev–Trinajstić information content (AvgIpc) is 3.26. The van der Waals surface area contributed by atoms with Gasteiger partial charge < -0.3 is 9.82 Å². The maximum Gasteiger partial charge on any atom is 0.416 e. The number of nitrogens with one attached hydrogen (secondary N) is 2. The van der Waals surface area contributed by atoms with E-state index in [1.807, 2.05) is 0 Å². The molecule has 0 fully saturated rings. The Bertz CT molecular complexity index is 1550. The summed E-state index contributed by atoms with van der Waals surface area (Å²) in [6.07, 6.45) is -0.257. The topological polar surface area (TPSA) is 109 Å². The Kier molecular flexibility index (Phi) is 6.43. The Morgan fingerprint density at radius 1 is 1.17 bits per heavy atom. The van der Waals surface area contributed by atoms with Crippen LogP contribution in [0.1, 0.15) is 22.4 Å². The van der Waals surface area contributed by atoms with Crippen molar-refractivity contribution in [2.75, 3.05) is 11.8 Å². The third-order valence-corrected chi connectivity index (χ3v) is 6.62. The first-order chi connectivity index (χ1) is 16.5. The van der Waals surface area contributed by atoms with Gasteiger partial charge in [0.15, 0.2) is 0 Å². The number of halogens is 4. The summed E-state index contributed by atoms with van der Waals surface area (Å²) in [5.41, 5.74) is -0.0273. The second kappa shape index (κ2) is 9.19. The molecule has 8 nitrogen and oxygen atoms in total. The van der Waals surface area contributed by atoms with Crippen LogP contribution in [0.25, 0.3) is 11.0 Å². The molecule has 0 radical (unpaired) electrons. The molecule has 4 rings (SSSR count). The third kappa shape index (κ3) is 4.93. The number of alkyl halides is 3. The molecule has 0 atom stereocenters. The minimum atomic E-state index is -4.72. The zero-order valence-electron chi connectivity index (χ0n) is 18.2. The highest BCUT2D eigenvalue weighted by Gasteiger charge is 2.34. The number of aromatic nitrogens is 3. The summed E-state index contributed by atoms with van der Waals surface area (Å²) in [6.45, 7) is 1.25. The number of anilines is 1. The Morgan fingerprint density at radius 3 is 2.66 bits per heavy atom. The van der Waals surface area contributed by atoms with E-state index in [1.165, 1.54) is 32.5 Å². The van der Waals surface area contributed by atoms with Gasteiger partial charge in [-0.2, -0.15) is 13.2 Å². The molecule has 13 heteroatoms. The lowest BCUT2D eigenvalue weighted by Crippen LogP contribution is -2.19. The molecule has 2 N–H and O–H groups in total. The van der Waals surface area contributed by atoms with Crippen LogP contribution >= 0.6 is 11.6 Å². The maximum atomic E-state index is 13.4. The van der Waals surface area contributed by atoms with Crippen LogP contribution in [-0.2, 0) is 21.0 Å². The molecule has 182 valence electrons. The fourth-order valence-corrected chi connectivity index (χ4v) is 4.70. The quantitative estimate of drug-likeness (QED) is 0.269. The van der Waals surface area contributed by atoms with Gasteiger partial charge in [0.2, 0.25) is 0 Å². The number of aromatic amines is 1. The van der Waals surface area contributed by atoms with Crippen molar-refractivity contribution in [1.29, 1.82) is 0 Å². The van der Waals surface area contributed by atoms with E-state index in [1.54, 1.807) is 18.3 Å². The van der Waals surface area contributed by atoms with E-state index in [9.17, 15) is 21.6 Å². The van der Waals surface area contributed by atoms with Gasteiger partial charge in [0.25, 0.3) is 10.0 Å². The van der Waals surface area contributed by atoms with Crippen LogP contribution in [0.3, 0.4) is 0 Å². The normalized spacial score (nSPS) is 12.7. The summed E-state index contributed by atoms with van der Waals surface area (Å²) in [6, 6.07) is 7.41. The van der Waals surface area contributed by atoms with E-state index < -0.39 is 26.7 Å². The van der Waals surface area contributed by atoms with Crippen molar-refractivity contribution in [3.8, 4) is 0 Å². The number of benzene rings is 1. The second-order valence-electron chi connectivity index (χ2n) is 7.35. The Hall–Kier alpha value is -3.64. The molecule has 1 aromatic carbocycles. The minimum absolute atomic E-state index is 0.0386. The van der Waals surface area contributed by atoms with Crippen molar-refractivity contribution >= 4 is 44.1 Å². The van der Waals surface area contributed by atoms with Crippen LogP contribution in [0.5, 0.6) is 0 Å². The van der Waals surface area contributed by atoms with Gasteiger partial charge in [-0.1, -0.05) is 22.8 Å². The number of rotatable bonds is 6. The Balaban J connectivity index is 1.84. The molecule has 0 amide bonds. The molecule has 0 saturated carbocycles. The largest absolute Gasteiger partial charge is 0.416 e. The number of H-pyrrole nitrogens is 1. The first-order valence-corrected chi connectivity index (χ1v) is 11.8.